The van der Waals surface area contributed by atoms with Crippen molar-refractivity contribution in [2.75, 3.05) is 6.26 Å². The lowest BCUT2D eigenvalue weighted by Gasteiger charge is -2.05. The number of aromatic hydroxyl groups is 1. The van der Waals surface area contributed by atoms with Crippen LogP contribution in [0.4, 0.5) is 0 Å². The zero-order valence-corrected chi connectivity index (χ0v) is 17.1. The molecule has 140 valence electrons. The Morgan fingerprint density at radius 3 is 2.41 bits per heavy atom. The van der Waals surface area contributed by atoms with Crippen LogP contribution in [0.1, 0.15) is 52.6 Å². The molecule has 2 aromatic carbocycles. The lowest BCUT2D eigenvalue weighted by atomic mass is 9.97. The lowest BCUT2D eigenvalue weighted by Crippen LogP contribution is -1.99. The van der Waals surface area contributed by atoms with E-state index >= 15 is 0 Å². The van der Waals surface area contributed by atoms with Crippen molar-refractivity contribution in [2.24, 2.45) is 0 Å². The van der Waals surface area contributed by atoms with E-state index in [9.17, 15) is 9.90 Å². The molecule has 1 N–H and O–H groups in total. The highest BCUT2D eigenvalue weighted by Crippen LogP contribution is 2.34. The van der Waals surface area contributed by atoms with Crippen LogP contribution in [0.15, 0.2) is 45.7 Å². The maximum atomic E-state index is 12.9. The minimum absolute atomic E-state index is 0.149. The molecule has 1 aromatic heterocycles. The van der Waals surface area contributed by atoms with Gasteiger partial charge in [0.2, 0.25) is 5.78 Å². The Morgan fingerprint density at radius 1 is 1.15 bits per heavy atom. The first-order chi connectivity index (χ1) is 12.8. The number of allylic oxidation sites excluding steroid dienone is 1. The molecule has 0 unspecified atom stereocenters. The van der Waals surface area contributed by atoms with Gasteiger partial charge in [0.05, 0.1) is 0 Å². The summed E-state index contributed by atoms with van der Waals surface area (Å²) in [5.41, 5.74) is 4.16. The van der Waals surface area contributed by atoms with Crippen LogP contribution in [0.5, 0.6) is 5.75 Å². The molecule has 27 heavy (non-hydrogen) atoms. The fourth-order valence-corrected chi connectivity index (χ4v) is 3.74. The van der Waals surface area contributed by atoms with Crippen LogP contribution < -0.4 is 0 Å². The molecule has 0 saturated heterocycles. The maximum Gasteiger partial charge on any atom is 0.221 e. The van der Waals surface area contributed by atoms with Crippen molar-refractivity contribution in [3.05, 3.63) is 64.4 Å². The summed E-state index contributed by atoms with van der Waals surface area (Å²) in [6.45, 7) is 7.84. The number of benzene rings is 2. The van der Waals surface area contributed by atoms with Crippen molar-refractivity contribution in [3.63, 3.8) is 0 Å². The molecular weight excluding hydrogens is 356 g/mol. The van der Waals surface area contributed by atoms with Crippen molar-refractivity contribution in [1.82, 2.24) is 0 Å². The van der Waals surface area contributed by atoms with Gasteiger partial charge in [-0.05, 0) is 79.1 Å². The number of hydrogen-bond donors (Lipinski definition) is 1. The van der Waals surface area contributed by atoms with Crippen molar-refractivity contribution in [1.29, 1.82) is 0 Å². The van der Waals surface area contributed by atoms with Crippen LogP contribution >= 0.6 is 11.8 Å². The molecule has 3 aromatic rings. The van der Waals surface area contributed by atoms with E-state index in [4.69, 9.17) is 4.42 Å². The summed E-state index contributed by atoms with van der Waals surface area (Å²) >= 11 is 1.65. The summed E-state index contributed by atoms with van der Waals surface area (Å²) in [5, 5.41) is 10.9. The quantitative estimate of drug-likeness (QED) is 0.312. The minimum Gasteiger partial charge on any atom is -0.507 e. The molecule has 1 heterocycles. The monoisotopic (exact) mass is 380 g/mol. The third-order valence-electron chi connectivity index (χ3n) is 4.68. The van der Waals surface area contributed by atoms with Gasteiger partial charge in [-0.25, -0.2) is 0 Å². The van der Waals surface area contributed by atoms with Crippen molar-refractivity contribution >= 4 is 34.6 Å². The predicted molar refractivity (Wildman–Crippen MR) is 113 cm³/mol. The summed E-state index contributed by atoms with van der Waals surface area (Å²) in [7, 11) is 0. The number of phenolic OH excluding ortho intramolecular Hbond substituents is 1. The Morgan fingerprint density at radius 2 is 1.81 bits per heavy atom. The van der Waals surface area contributed by atoms with E-state index in [1.165, 1.54) is 0 Å². The SMILES string of the molecule is CSc1ccc2c(C(C)C)c(C(=O)/C=C/c3cc(C)c(O)c(C)c3)oc2c1. The number of fused-ring (bicyclic) bond motifs is 1. The lowest BCUT2D eigenvalue weighted by molar-refractivity contribution is 0.102. The van der Waals surface area contributed by atoms with Gasteiger partial charge in [-0.2, -0.15) is 0 Å². The molecule has 0 atom stereocenters. The topological polar surface area (TPSA) is 50.4 Å². The molecule has 0 spiro atoms. The smallest absolute Gasteiger partial charge is 0.221 e. The maximum absolute atomic E-state index is 12.9. The molecule has 0 bridgehead atoms. The van der Waals surface area contributed by atoms with Crippen molar-refractivity contribution in [3.8, 4) is 5.75 Å². The summed E-state index contributed by atoms with van der Waals surface area (Å²) < 4.78 is 5.97. The van der Waals surface area contributed by atoms with Gasteiger partial charge in [0.25, 0.3) is 0 Å². The van der Waals surface area contributed by atoms with Crippen molar-refractivity contribution < 1.29 is 14.3 Å². The summed E-state index contributed by atoms with van der Waals surface area (Å²) in [5.74, 6) is 0.727. The molecule has 4 heteroatoms. The molecule has 0 radical (unpaired) electrons. The molecule has 3 rings (SSSR count). The van der Waals surface area contributed by atoms with E-state index in [1.54, 1.807) is 23.9 Å². The highest BCUT2D eigenvalue weighted by atomic mass is 32.2. The first-order valence-electron chi connectivity index (χ1n) is 8.95. The van der Waals surface area contributed by atoms with Gasteiger partial charge in [-0.3, -0.25) is 4.79 Å². The van der Waals surface area contributed by atoms with Crippen LogP contribution in [-0.4, -0.2) is 17.1 Å². The van der Waals surface area contributed by atoms with E-state index < -0.39 is 0 Å². The highest BCUT2D eigenvalue weighted by Gasteiger charge is 2.21. The third kappa shape index (κ3) is 3.81. The van der Waals surface area contributed by atoms with Gasteiger partial charge in [0.15, 0.2) is 5.76 Å². The van der Waals surface area contributed by atoms with Crippen LogP contribution in [0, 0.1) is 13.8 Å². The molecule has 0 saturated carbocycles. The fraction of sp³-hybridized carbons (Fsp3) is 0.261. The van der Waals surface area contributed by atoms with Crippen LogP contribution in [0.25, 0.3) is 17.0 Å². The average Bonchev–Trinajstić information content (AvgIpc) is 3.02. The van der Waals surface area contributed by atoms with E-state index in [2.05, 4.69) is 19.9 Å². The number of carbonyl (C=O) groups is 1. The second kappa shape index (κ2) is 7.65. The van der Waals surface area contributed by atoms with Crippen molar-refractivity contribution in [2.45, 2.75) is 38.5 Å². The normalized spacial score (nSPS) is 11.8. The number of thioether (sulfide) groups is 1. The minimum atomic E-state index is -0.149. The molecule has 0 fully saturated rings. The summed E-state index contributed by atoms with van der Waals surface area (Å²) in [6.07, 6.45) is 5.33. The molecule has 3 nitrogen and oxygen atoms in total. The van der Waals surface area contributed by atoms with Crippen LogP contribution in [0.2, 0.25) is 0 Å². The molecule has 0 aliphatic carbocycles. The predicted octanol–water partition coefficient (Wildman–Crippen LogP) is 6.50. The Labute approximate surface area is 164 Å². The number of hydrogen-bond acceptors (Lipinski definition) is 4. The first-order valence-corrected chi connectivity index (χ1v) is 10.2. The number of phenols is 1. The number of aryl methyl sites for hydroxylation is 2. The Hall–Kier alpha value is -2.46. The summed E-state index contributed by atoms with van der Waals surface area (Å²) in [6, 6.07) is 9.80. The highest BCUT2D eigenvalue weighted by molar-refractivity contribution is 7.98. The molecule has 0 aliphatic heterocycles. The van der Waals surface area contributed by atoms with E-state index in [1.807, 2.05) is 44.4 Å². The Balaban J connectivity index is 2.01. The number of furan rings is 1. The third-order valence-corrected chi connectivity index (χ3v) is 5.40. The molecule has 0 aliphatic rings. The van der Waals surface area contributed by atoms with E-state index in [0.29, 0.717) is 11.5 Å². The van der Waals surface area contributed by atoms with Crippen LogP contribution in [-0.2, 0) is 0 Å². The number of ketones is 1. The second-order valence-corrected chi connectivity index (χ2v) is 7.94. The van der Waals surface area contributed by atoms with E-state index in [0.717, 1.165) is 38.1 Å². The zero-order chi connectivity index (χ0) is 19.7. The Bertz CT molecular complexity index is 1020. The molecule has 0 amide bonds. The number of carbonyl (C=O) groups excluding carboxylic acids is 1. The van der Waals surface area contributed by atoms with Gasteiger partial charge >= 0.3 is 0 Å². The van der Waals surface area contributed by atoms with Gasteiger partial charge in [0, 0.05) is 15.8 Å². The number of rotatable bonds is 5. The van der Waals surface area contributed by atoms with Gasteiger partial charge in [-0.15, -0.1) is 11.8 Å². The summed E-state index contributed by atoms with van der Waals surface area (Å²) in [4.78, 5) is 14.0. The standard InChI is InChI=1S/C23H24O3S/c1-13(2)21-18-8-7-17(27-5)12-20(18)26-23(21)19(24)9-6-16-10-14(3)22(25)15(4)11-16/h6-13,25H,1-5H3/b9-6+. The van der Waals surface area contributed by atoms with Gasteiger partial charge in [-0.1, -0.05) is 19.9 Å². The van der Waals surface area contributed by atoms with Gasteiger partial charge in [0.1, 0.15) is 11.3 Å². The Kier molecular flexibility index (Phi) is 5.47. The van der Waals surface area contributed by atoms with Crippen LogP contribution in [0.3, 0.4) is 0 Å². The average molecular weight is 381 g/mol. The fourth-order valence-electron chi connectivity index (χ4n) is 3.31. The van der Waals surface area contributed by atoms with E-state index in [-0.39, 0.29) is 11.7 Å². The largest absolute Gasteiger partial charge is 0.507 e. The van der Waals surface area contributed by atoms with Gasteiger partial charge < -0.3 is 9.52 Å². The first kappa shape index (κ1) is 19.3. The second-order valence-electron chi connectivity index (χ2n) is 7.06. The zero-order valence-electron chi connectivity index (χ0n) is 16.3. The molecular formula is C23H24O3S.